The molecule has 1 unspecified atom stereocenters. The minimum atomic E-state index is -0.396. The standard InChI is InChI=1S/C24H23N5O2/c30-22(28-15-13-27(14-16-28)21-10-4-5-11-25-21)17-20-23-19(9-6-12-26-23)24(31)29(20)18-7-2-1-3-8-18/h1-12,20H,13-17H2. The topological polar surface area (TPSA) is 69.6 Å². The van der Waals surface area contributed by atoms with E-state index in [1.807, 2.05) is 53.4 Å². The summed E-state index contributed by atoms with van der Waals surface area (Å²) in [6, 6.07) is 18.5. The maximum absolute atomic E-state index is 13.2. The third-order valence-corrected chi connectivity index (χ3v) is 5.92. The molecule has 0 spiro atoms. The number of hydrogen-bond donors (Lipinski definition) is 0. The fourth-order valence-corrected chi connectivity index (χ4v) is 4.35. The van der Waals surface area contributed by atoms with E-state index in [1.165, 1.54) is 0 Å². The van der Waals surface area contributed by atoms with Gasteiger partial charge in [-0.1, -0.05) is 24.3 Å². The molecule has 1 fully saturated rings. The first-order valence-corrected chi connectivity index (χ1v) is 10.5. The molecule has 4 heterocycles. The smallest absolute Gasteiger partial charge is 0.260 e. The number of pyridine rings is 2. The van der Waals surface area contributed by atoms with Crippen molar-refractivity contribution in [1.82, 2.24) is 14.9 Å². The minimum absolute atomic E-state index is 0.0397. The second-order valence-corrected chi connectivity index (χ2v) is 7.72. The zero-order valence-electron chi connectivity index (χ0n) is 17.1. The van der Waals surface area contributed by atoms with Gasteiger partial charge in [-0.15, -0.1) is 0 Å². The van der Waals surface area contributed by atoms with Crippen molar-refractivity contribution in [2.45, 2.75) is 12.5 Å². The van der Waals surface area contributed by atoms with Crippen molar-refractivity contribution in [1.29, 1.82) is 0 Å². The lowest BCUT2D eigenvalue weighted by Gasteiger charge is -2.36. The minimum Gasteiger partial charge on any atom is -0.353 e. The van der Waals surface area contributed by atoms with Gasteiger partial charge in [-0.05, 0) is 36.4 Å². The van der Waals surface area contributed by atoms with E-state index in [9.17, 15) is 9.59 Å². The molecule has 0 aliphatic carbocycles. The second kappa shape index (κ2) is 8.18. The Morgan fingerprint density at radius 3 is 2.35 bits per heavy atom. The van der Waals surface area contributed by atoms with E-state index in [1.54, 1.807) is 29.4 Å². The third-order valence-electron chi connectivity index (χ3n) is 5.92. The van der Waals surface area contributed by atoms with Gasteiger partial charge < -0.3 is 9.80 Å². The van der Waals surface area contributed by atoms with Crippen LogP contribution >= 0.6 is 0 Å². The molecule has 2 aliphatic rings. The third kappa shape index (κ3) is 3.63. The summed E-state index contributed by atoms with van der Waals surface area (Å²) in [6.07, 6.45) is 3.69. The molecular formula is C24H23N5O2. The van der Waals surface area contributed by atoms with Crippen molar-refractivity contribution >= 4 is 23.3 Å². The van der Waals surface area contributed by atoms with Gasteiger partial charge >= 0.3 is 0 Å². The molecule has 3 aromatic rings. The molecule has 2 amide bonds. The lowest BCUT2D eigenvalue weighted by Crippen LogP contribution is -2.49. The monoisotopic (exact) mass is 413 g/mol. The molecule has 1 atom stereocenters. The number of nitrogens with zero attached hydrogens (tertiary/aromatic N) is 5. The van der Waals surface area contributed by atoms with E-state index in [-0.39, 0.29) is 18.2 Å². The van der Waals surface area contributed by atoms with Crippen molar-refractivity contribution in [3.8, 4) is 0 Å². The second-order valence-electron chi connectivity index (χ2n) is 7.72. The van der Waals surface area contributed by atoms with Crippen LogP contribution in [0.3, 0.4) is 0 Å². The van der Waals surface area contributed by atoms with Gasteiger partial charge in [0.1, 0.15) is 5.82 Å². The molecule has 2 aliphatic heterocycles. The van der Waals surface area contributed by atoms with E-state index in [0.29, 0.717) is 24.3 Å². The quantitative estimate of drug-likeness (QED) is 0.658. The van der Waals surface area contributed by atoms with Crippen LogP contribution in [0.15, 0.2) is 73.1 Å². The number of aromatic nitrogens is 2. The molecular weight excluding hydrogens is 390 g/mol. The Labute approximate surface area is 180 Å². The van der Waals surface area contributed by atoms with Crippen molar-refractivity contribution in [2.24, 2.45) is 0 Å². The molecule has 1 saturated heterocycles. The summed E-state index contributed by atoms with van der Waals surface area (Å²) < 4.78 is 0. The maximum atomic E-state index is 13.2. The van der Waals surface area contributed by atoms with Crippen LogP contribution in [0.4, 0.5) is 11.5 Å². The van der Waals surface area contributed by atoms with Crippen molar-refractivity contribution < 1.29 is 9.59 Å². The van der Waals surface area contributed by atoms with Gasteiger partial charge in [0.25, 0.3) is 5.91 Å². The Bertz CT molecular complexity index is 1080. The highest BCUT2D eigenvalue weighted by molar-refractivity contribution is 6.11. The average Bonchev–Trinajstić information content (AvgIpc) is 3.12. The average molecular weight is 413 g/mol. The number of piperazine rings is 1. The molecule has 1 aromatic carbocycles. The van der Waals surface area contributed by atoms with Crippen LogP contribution in [-0.4, -0.2) is 52.9 Å². The summed E-state index contributed by atoms with van der Waals surface area (Å²) >= 11 is 0. The predicted molar refractivity (Wildman–Crippen MR) is 118 cm³/mol. The molecule has 0 saturated carbocycles. The number of hydrogen-bond acceptors (Lipinski definition) is 5. The summed E-state index contributed by atoms with van der Waals surface area (Å²) in [7, 11) is 0. The predicted octanol–water partition coefficient (Wildman–Crippen LogP) is 2.92. The SMILES string of the molecule is O=C(CC1c2ncccc2C(=O)N1c1ccccc1)N1CCN(c2ccccn2)CC1. The van der Waals surface area contributed by atoms with Crippen LogP contribution in [0.2, 0.25) is 0 Å². The van der Waals surface area contributed by atoms with Gasteiger partial charge in [0.15, 0.2) is 0 Å². The van der Waals surface area contributed by atoms with E-state index in [2.05, 4.69) is 14.9 Å². The zero-order valence-corrected chi connectivity index (χ0v) is 17.1. The van der Waals surface area contributed by atoms with Crippen LogP contribution < -0.4 is 9.80 Å². The van der Waals surface area contributed by atoms with Gasteiger partial charge in [0.2, 0.25) is 5.91 Å². The van der Waals surface area contributed by atoms with E-state index >= 15 is 0 Å². The molecule has 31 heavy (non-hydrogen) atoms. The molecule has 0 radical (unpaired) electrons. The summed E-state index contributed by atoms with van der Waals surface area (Å²) in [5.74, 6) is 0.870. The highest BCUT2D eigenvalue weighted by Crippen LogP contribution is 2.38. The molecule has 0 N–H and O–H groups in total. The lowest BCUT2D eigenvalue weighted by atomic mass is 10.1. The summed E-state index contributed by atoms with van der Waals surface area (Å²) in [5, 5.41) is 0. The van der Waals surface area contributed by atoms with Crippen molar-refractivity contribution in [2.75, 3.05) is 36.0 Å². The first-order chi connectivity index (χ1) is 15.2. The van der Waals surface area contributed by atoms with Gasteiger partial charge in [-0.3, -0.25) is 19.5 Å². The molecule has 7 nitrogen and oxygen atoms in total. The fraction of sp³-hybridized carbons (Fsp3) is 0.250. The van der Waals surface area contributed by atoms with Crippen LogP contribution in [0.1, 0.15) is 28.5 Å². The van der Waals surface area contributed by atoms with E-state index in [0.717, 1.165) is 24.6 Å². The Kier molecular flexibility index (Phi) is 5.08. The Balaban J connectivity index is 1.33. The molecule has 0 bridgehead atoms. The van der Waals surface area contributed by atoms with Gasteiger partial charge in [-0.25, -0.2) is 4.98 Å². The highest BCUT2D eigenvalue weighted by atomic mass is 16.2. The van der Waals surface area contributed by atoms with Gasteiger partial charge in [0.05, 0.1) is 23.7 Å². The first kappa shape index (κ1) is 19.2. The largest absolute Gasteiger partial charge is 0.353 e. The van der Waals surface area contributed by atoms with Crippen LogP contribution in [0, 0.1) is 0 Å². The van der Waals surface area contributed by atoms with Crippen LogP contribution in [0.5, 0.6) is 0 Å². The van der Waals surface area contributed by atoms with Crippen molar-refractivity contribution in [3.05, 3.63) is 84.3 Å². The number of benzene rings is 1. The summed E-state index contributed by atoms with van der Waals surface area (Å²) in [4.78, 5) is 41.0. The maximum Gasteiger partial charge on any atom is 0.260 e. The van der Waals surface area contributed by atoms with Crippen LogP contribution in [0.25, 0.3) is 0 Å². The van der Waals surface area contributed by atoms with Crippen LogP contribution in [-0.2, 0) is 4.79 Å². The van der Waals surface area contributed by atoms with E-state index < -0.39 is 6.04 Å². The fourth-order valence-electron chi connectivity index (χ4n) is 4.35. The molecule has 156 valence electrons. The van der Waals surface area contributed by atoms with E-state index in [4.69, 9.17) is 0 Å². The zero-order chi connectivity index (χ0) is 21.2. The number of amides is 2. The first-order valence-electron chi connectivity index (χ1n) is 10.5. The van der Waals surface area contributed by atoms with Crippen molar-refractivity contribution in [3.63, 3.8) is 0 Å². The summed E-state index contributed by atoms with van der Waals surface area (Å²) in [6.45, 7) is 2.75. The normalized spacial score (nSPS) is 18.3. The number of carbonyl (C=O) groups excluding carboxylic acids is 2. The molecule has 7 heteroatoms. The summed E-state index contributed by atoms with van der Waals surface area (Å²) in [5.41, 5.74) is 2.03. The Hall–Kier alpha value is -3.74. The lowest BCUT2D eigenvalue weighted by molar-refractivity contribution is -0.131. The Morgan fingerprint density at radius 2 is 1.61 bits per heavy atom. The number of carbonyl (C=O) groups is 2. The number of rotatable bonds is 4. The molecule has 5 rings (SSSR count). The number of fused-ring (bicyclic) bond motifs is 1. The molecule has 2 aromatic heterocycles. The number of para-hydroxylation sites is 1. The van der Waals surface area contributed by atoms with Gasteiger partial charge in [0, 0.05) is 44.3 Å². The van der Waals surface area contributed by atoms with Gasteiger partial charge in [-0.2, -0.15) is 0 Å². The highest BCUT2D eigenvalue weighted by Gasteiger charge is 2.40. The number of anilines is 2. The Morgan fingerprint density at radius 1 is 0.871 bits per heavy atom.